The van der Waals surface area contributed by atoms with Crippen LogP contribution in [-0.2, 0) is 33.3 Å². The Labute approximate surface area is 439 Å². The molecule has 0 aromatic carbocycles. The Balaban J connectivity index is 4.18. The first kappa shape index (κ1) is 68.8. The number of ether oxygens (including phenoxy) is 4. The lowest BCUT2D eigenvalue weighted by molar-refractivity contribution is -0.870. The van der Waals surface area contributed by atoms with E-state index in [0.717, 1.165) is 51.4 Å². The Bertz CT molecular complexity index is 1210. The normalized spacial score (nSPS) is 12.9. The highest BCUT2D eigenvalue weighted by molar-refractivity contribution is 5.71. The van der Waals surface area contributed by atoms with E-state index in [2.05, 4.69) is 38.2 Å². The molecule has 0 radical (unpaired) electrons. The van der Waals surface area contributed by atoms with Crippen LogP contribution in [0.2, 0.25) is 0 Å². The van der Waals surface area contributed by atoms with Gasteiger partial charge < -0.3 is 28.5 Å². The lowest BCUT2D eigenvalue weighted by Crippen LogP contribution is -2.40. The van der Waals surface area contributed by atoms with Crippen LogP contribution in [0.3, 0.4) is 0 Å². The van der Waals surface area contributed by atoms with Crippen LogP contribution in [0.15, 0.2) is 24.3 Å². The van der Waals surface area contributed by atoms with Gasteiger partial charge in [-0.15, -0.1) is 0 Å². The van der Waals surface area contributed by atoms with Crippen LogP contribution in [0.25, 0.3) is 0 Å². The summed E-state index contributed by atoms with van der Waals surface area (Å²) in [5.74, 6) is -1.99. The summed E-state index contributed by atoms with van der Waals surface area (Å²) in [6.45, 7) is 4.92. The number of quaternary nitrogens is 1. The van der Waals surface area contributed by atoms with Crippen molar-refractivity contribution in [1.82, 2.24) is 0 Å². The number of nitrogens with zero attached hydrogens (tertiary/aromatic N) is 1. The minimum absolute atomic E-state index is 0.178. The molecule has 0 saturated heterocycles. The Kier molecular flexibility index (Phi) is 52.3. The predicted octanol–water partition coefficient (Wildman–Crippen LogP) is 17.9. The number of allylic oxidation sites excluding steroid dienone is 4. The summed E-state index contributed by atoms with van der Waals surface area (Å²) in [5, 5.41) is 9.71. The van der Waals surface area contributed by atoms with Crippen molar-refractivity contribution in [3.63, 3.8) is 0 Å². The quantitative estimate of drug-likeness (QED) is 0.0211. The molecule has 0 aliphatic heterocycles. The van der Waals surface area contributed by atoms with Crippen molar-refractivity contribution in [2.45, 2.75) is 309 Å². The maximum atomic E-state index is 12.9. The molecule has 0 bridgehead atoms. The molecule has 0 amide bonds. The molecule has 0 heterocycles. The number of aliphatic carboxylic acids is 1. The van der Waals surface area contributed by atoms with E-state index >= 15 is 0 Å². The van der Waals surface area contributed by atoms with E-state index in [4.69, 9.17) is 18.9 Å². The van der Waals surface area contributed by atoms with E-state index in [1.54, 1.807) is 0 Å². The Morgan fingerprint density at radius 3 is 1.11 bits per heavy atom. The third-order valence-corrected chi connectivity index (χ3v) is 13.7. The zero-order valence-corrected chi connectivity index (χ0v) is 47.7. The van der Waals surface area contributed by atoms with Gasteiger partial charge in [0.05, 0.1) is 34.4 Å². The predicted molar refractivity (Wildman–Crippen MR) is 300 cm³/mol. The number of carbonyl (C=O) groups excluding carboxylic acids is 2. The van der Waals surface area contributed by atoms with Gasteiger partial charge in [-0.25, -0.2) is 4.79 Å². The molecule has 2 unspecified atom stereocenters. The van der Waals surface area contributed by atoms with Gasteiger partial charge in [-0.3, -0.25) is 9.59 Å². The average molecular weight is 1010 g/mol. The molecule has 0 aromatic rings. The third-order valence-electron chi connectivity index (χ3n) is 13.7. The number of carbonyl (C=O) groups is 3. The second kappa shape index (κ2) is 54.0. The molecule has 0 fully saturated rings. The molecule has 71 heavy (non-hydrogen) atoms. The lowest BCUT2D eigenvalue weighted by Gasteiger charge is -2.25. The molecule has 0 spiro atoms. The van der Waals surface area contributed by atoms with Crippen LogP contribution < -0.4 is 0 Å². The summed E-state index contributed by atoms with van der Waals surface area (Å²) >= 11 is 0. The largest absolute Gasteiger partial charge is 0.477 e. The SMILES string of the molecule is CCCCCCC/C=C\C/C=C\CCCCCCCCCCCC(=O)OC(COC(=O)CCCCCCCCCCCCCCCCCCCCCCCCCCC)COC(OCC[N+](C)(C)C)C(=O)O. The Morgan fingerprint density at radius 2 is 0.761 bits per heavy atom. The first-order valence-electron chi connectivity index (χ1n) is 30.5. The number of esters is 2. The highest BCUT2D eigenvalue weighted by Crippen LogP contribution is 2.18. The number of hydrogen-bond donors (Lipinski definition) is 1. The van der Waals surface area contributed by atoms with Gasteiger partial charge in [0, 0.05) is 12.8 Å². The Hall–Kier alpha value is -2.23. The zero-order chi connectivity index (χ0) is 52.0. The molecular formula is C62H118NO8+. The minimum atomic E-state index is -1.51. The summed E-state index contributed by atoms with van der Waals surface area (Å²) < 4.78 is 22.9. The molecule has 0 rings (SSSR count). The fourth-order valence-electron chi connectivity index (χ4n) is 8.99. The van der Waals surface area contributed by atoms with E-state index in [1.165, 1.54) is 218 Å². The number of hydrogen-bond acceptors (Lipinski definition) is 7. The topological polar surface area (TPSA) is 108 Å². The minimum Gasteiger partial charge on any atom is -0.477 e. The molecule has 0 aromatic heterocycles. The van der Waals surface area contributed by atoms with E-state index in [-0.39, 0.29) is 32.2 Å². The lowest BCUT2D eigenvalue weighted by atomic mass is 10.0. The van der Waals surface area contributed by atoms with E-state index in [9.17, 15) is 19.5 Å². The second-order valence-electron chi connectivity index (χ2n) is 22.0. The van der Waals surface area contributed by atoms with E-state index in [0.29, 0.717) is 17.4 Å². The van der Waals surface area contributed by atoms with Gasteiger partial charge in [0.25, 0.3) is 6.29 Å². The monoisotopic (exact) mass is 1000 g/mol. The van der Waals surface area contributed by atoms with Crippen LogP contribution >= 0.6 is 0 Å². The molecule has 9 nitrogen and oxygen atoms in total. The second-order valence-corrected chi connectivity index (χ2v) is 22.0. The summed E-state index contributed by atoms with van der Waals surface area (Å²) in [7, 11) is 5.98. The highest BCUT2D eigenvalue weighted by atomic mass is 16.7. The van der Waals surface area contributed by atoms with Gasteiger partial charge in [0.15, 0.2) is 6.10 Å². The number of unbranched alkanes of at least 4 members (excludes halogenated alkanes) is 38. The standard InChI is InChI=1S/C62H117NO8/c1-6-8-10-12-14-16-18-20-22-24-26-28-29-30-31-33-34-36-38-40-42-44-46-48-50-52-59(64)69-56-58(57-70-62(61(66)67)68-55-54-63(3,4)5)71-60(65)53-51-49-47-45-43-41-39-37-35-32-27-25-23-21-19-17-15-13-11-9-7-2/h19,21,25,27,58,62H,6-18,20,22-24,26,28-57H2,1-5H3/p+1/b21-19-,27-25-. The molecule has 0 saturated carbocycles. The van der Waals surface area contributed by atoms with Crippen molar-refractivity contribution in [1.29, 1.82) is 0 Å². The molecule has 418 valence electrons. The zero-order valence-electron chi connectivity index (χ0n) is 47.7. The van der Waals surface area contributed by atoms with Crippen molar-refractivity contribution >= 4 is 17.9 Å². The summed E-state index contributed by atoms with van der Waals surface area (Å²) in [6.07, 6.45) is 61.2. The van der Waals surface area contributed by atoms with Crippen molar-refractivity contribution in [2.24, 2.45) is 0 Å². The van der Waals surface area contributed by atoms with Crippen molar-refractivity contribution in [2.75, 3.05) is 47.5 Å². The van der Waals surface area contributed by atoms with Crippen LogP contribution in [0.1, 0.15) is 296 Å². The third kappa shape index (κ3) is 55.4. The summed E-state index contributed by atoms with van der Waals surface area (Å²) in [6, 6.07) is 0. The summed E-state index contributed by atoms with van der Waals surface area (Å²) in [4.78, 5) is 37.5. The van der Waals surface area contributed by atoms with Gasteiger partial charge in [-0.1, -0.05) is 263 Å². The average Bonchev–Trinajstić information content (AvgIpc) is 3.34. The van der Waals surface area contributed by atoms with Gasteiger partial charge in [0.2, 0.25) is 0 Å². The first-order valence-corrected chi connectivity index (χ1v) is 30.5. The maximum absolute atomic E-state index is 12.9. The van der Waals surface area contributed by atoms with Gasteiger partial charge in [-0.05, 0) is 44.9 Å². The van der Waals surface area contributed by atoms with E-state index < -0.39 is 24.3 Å². The number of likely N-dealkylation sites (N-methyl/N-ethyl adjacent to an activating group) is 1. The van der Waals surface area contributed by atoms with Crippen LogP contribution in [0.5, 0.6) is 0 Å². The fraction of sp³-hybridized carbons (Fsp3) is 0.887. The molecular weight excluding hydrogens is 887 g/mol. The number of rotatable bonds is 57. The van der Waals surface area contributed by atoms with Crippen LogP contribution in [-0.4, -0.2) is 87.4 Å². The van der Waals surface area contributed by atoms with Crippen molar-refractivity contribution < 1.29 is 42.9 Å². The highest BCUT2D eigenvalue weighted by Gasteiger charge is 2.25. The summed E-state index contributed by atoms with van der Waals surface area (Å²) in [5.41, 5.74) is 0. The van der Waals surface area contributed by atoms with Crippen LogP contribution in [0.4, 0.5) is 0 Å². The molecule has 1 N–H and O–H groups in total. The molecule has 2 atom stereocenters. The van der Waals surface area contributed by atoms with E-state index in [1.807, 2.05) is 21.1 Å². The Morgan fingerprint density at radius 1 is 0.423 bits per heavy atom. The van der Waals surface area contributed by atoms with Crippen molar-refractivity contribution in [3.8, 4) is 0 Å². The fourth-order valence-corrected chi connectivity index (χ4v) is 8.99. The van der Waals surface area contributed by atoms with Gasteiger partial charge in [0.1, 0.15) is 13.2 Å². The number of carboxylic acids is 1. The smallest absolute Gasteiger partial charge is 0.361 e. The van der Waals surface area contributed by atoms with Gasteiger partial charge >= 0.3 is 17.9 Å². The van der Waals surface area contributed by atoms with Gasteiger partial charge in [-0.2, -0.15) is 0 Å². The van der Waals surface area contributed by atoms with Crippen molar-refractivity contribution in [3.05, 3.63) is 24.3 Å². The molecule has 0 aliphatic carbocycles. The molecule has 0 aliphatic rings. The first-order chi connectivity index (χ1) is 34.6. The number of carboxylic acid groups (broad SMARTS) is 1. The molecule has 9 heteroatoms. The maximum Gasteiger partial charge on any atom is 0.361 e. The van der Waals surface area contributed by atoms with Crippen LogP contribution in [0, 0.1) is 0 Å².